The Morgan fingerprint density at radius 2 is 1.60 bits per heavy atom. The molecule has 0 bridgehead atoms. The molecule has 6 nitrogen and oxygen atoms in total. The van der Waals surface area contributed by atoms with E-state index in [0.717, 1.165) is 6.26 Å². The average Bonchev–Trinajstić information content (AvgIpc) is 2.58. The topological polar surface area (TPSA) is 86.7 Å². The van der Waals surface area contributed by atoms with E-state index in [1.54, 1.807) is 24.3 Å². The van der Waals surface area contributed by atoms with Gasteiger partial charge in [0.05, 0.1) is 28.2 Å². The molecule has 0 aliphatic heterocycles. The first-order chi connectivity index (χ1) is 11.7. The van der Waals surface area contributed by atoms with E-state index < -0.39 is 21.8 Å². The van der Waals surface area contributed by atoms with Crippen molar-refractivity contribution in [3.05, 3.63) is 64.2 Å². The van der Waals surface area contributed by atoms with Crippen LogP contribution in [-0.4, -0.2) is 33.7 Å². The molecule has 0 fully saturated rings. The molecule has 0 aliphatic carbocycles. The predicted octanol–water partition coefficient (Wildman–Crippen LogP) is 2.89. The zero-order valence-electron chi connectivity index (χ0n) is 13.5. The zero-order valence-corrected chi connectivity index (χ0v) is 15.1. The lowest BCUT2D eigenvalue weighted by Gasteiger charge is -2.08. The molecule has 0 heterocycles. The Kier molecular flexibility index (Phi) is 5.81. The molecule has 0 N–H and O–H groups in total. The molecule has 132 valence electrons. The van der Waals surface area contributed by atoms with Crippen molar-refractivity contribution in [2.75, 3.05) is 13.4 Å². The minimum atomic E-state index is -3.56. The molecule has 2 aromatic rings. The Morgan fingerprint density at radius 1 is 1.00 bits per heavy atom. The standard InChI is InChI=1S/C17H15ClO6S/c1-23-16(19)12-5-3-11(4-6-12)10-24-17(20)13-7-8-14(18)15(9-13)25(2,21)22/h3-9H,10H2,1-2H3. The van der Waals surface area contributed by atoms with Crippen molar-refractivity contribution in [1.29, 1.82) is 0 Å². The van der Waals surface area contributed by atoms with Crippen LogP contribution in [0.25, 0.3) is 0 Å². The number of rotatable bonds is 5. The van der Waals surface area contributed by atoms with Gasteiger partial charge in [0.2, 0.25) is 0 Å². The van der Waals surface area contributed by atoms with Crippen molar-refractivity contribution in [2.45, 2.75) is 11.5 Å². The summed E-state index contributed by atoms with van der Waals surface area (Å²) in [5, 5.41) is 0.0393. The number of carbonyl (C=O) groups excluding carboxylic acids is 2. The summed E-state index contributed by atoms with van der Waals surface area (Å²) in [6.07, 6.45) is 1.01. The highest BCUT2D eigenvalue weighted by atomic mass is 35.5. The molecule has 0 spiro atoms. The number of benzene rings is 2. The van der Waals surface area contributed by atoms with Gasteiger partial charge >= 0.3 is 11.9 Å². The predicted molar refractivity (Wildman–Crippen MR) is 91.5 cm³/mol. The van der Waals surface area contributed by atoms with Crippen molar-refractivity contribution in [3.8, 4) is 0 Å². The van der Waals surface area contributed by atoms with Crippen LogP contribution in [-0.2, 0) is 25.9 Å². The van der Waals surface area contributed by atoms with E-state index in [4.69, 9.17) is 16.3 Å². The van der Waals surface area contributed by atoms with E-state index in [1.807, 2.05) is 0 Å². The lowest BCUT2D eigenvalue weighted by molar-refractivity contribution is 0.0471. The monoisotopic (exact) mass is 382 g/mol. The van der Waals surface area contributed by atoms with Crippen LogP contribution in [0.2, 0.25) is 5.02 Å². The van der Waals surface area contributed by atoms with Gasteiger partial charge in [0.1, 0.15) is 6.61 Å². The van der Waals surface area contributed by atoms with Crippen LogP contribution in [0.3, 0.4) is 0 Å². The average molecular weight is 383 g/mol. The van der Waals surface area contributed by atoms with E-state index in [2.05, 4.69) is 4.74 Å². The van der Waals surface area contributed by atoms with Gasteiger partial charge < -0.3 is 9.47 Å². The second-order valence-corrected chi connectivity index (χ2v) is 7.57. The zero-order chi connectivity index (χ0) is 18.6. The number of esters is 2. The first-order valence-corrected chi connectivity index (χ1v) is 9.33. The van der Waals surface area contributed by atoms with Gasteiger partial charge in [-0.3, -0.25) is 0 Å². The van der Waals surface area contributed by atoms with Crippen molar-refractivity contribution < 1.29 is 27.5 Å². The summed E-state index contributed by atoms with van der Waals surface area (Å²) in [6, 6.07) is 10.3. The van der Waals surface area contributed by atoms with Crippen LogP contribution >= 0.6 is 11.6 Å². The highest BCUT2D eigenvalue weighted by Crippen LogP contribution is 2.23. The Labute approximate surface area is 150 Å². The van der Waals surface area contributed by atoms with E-state index >= 15 is 0 Å². The second-order valence-electron chi connectivity index (χ2n) is 5.18. The molecule has 0 unspecified atom stereocenters. The summed E-state index contributed by atoms with van der Waals surface area (Å²) in [7, 11) is -2.27. The van der Waals surface area contributed by atoms with Gasteiger partial charge in [-0.05, 0) is 35.9 Å². The summed E-state index contributed by atoms with van der Waals surface area (Å²) >= 11 is 5.84. The number of sulfone groups is 1. The fourth-order valence-electron chi connectivity index (χ4n) is 2.00. The number of halogens is 1. The highest BCUT2D eigenvalue weighted by Gasteiger charge is 2.16. The fourth-order valence-corrected chi connectivity index (χ4v) is 3.30. The van der Waals surface area contributed by atoms with E-state index in [-0.39, 0.29) is 22.1 Å². The van der Waals surface area contributed by atoms with Crippen LogP contribution in [0, 0.1) is 0 Å². The number of hydrogen-bond donors (Lipinski definition) is 0. The summed E-state index contributed by atoms with van der Waals surface area (Å²) in [5.74, 6) is -1.14. The first kappa shape index (κ1) is 19.0. The van der Waals surface area contributed by atoms with Gasteiger partial charge in [-0.1, -0.05) is 23.7 Å². The van der Waals surface area contributed by atoms with E-state index in [1.165, 1.54) is 25.3 Å². The maximum Gasteiger partial charge on any atom is 0.338 e. The molecule has 2 aromatic carbocycles. The molecular weight excluding hydrogens is 368 g/mol. The third-order valence-corrected chi connectivity index (χ3v) is 4.89. The summed E-state index contributed by atoms with van der Waals surface area (Å²) in [5.41, 5.74) is 1.13. The normalized spacial score (nSPS) is 11.0. The lowest BCUT2D eigenvalue weighted by atomic mass is 10.1. The minimum Gasteiger partial charge on any atom is -0.465 e. The van der Waals surface area contributed by atoms with E-state index in [0.29, 0.717) is 11.1 Å². The molecule has 0 amide bonds. The van der Waals surface area contributed by atoms with Crippen molar-refractivity contribution in [1.82, 2.24) is 0 Å². The van der Waals surface area contributed by atoms with Crippen molar-refractivity contribution in [2.24, 2.45) is 0 Å². The van der Waals surface area contributed by atoms with Gasteiger partial charge in [-0.25, -0.2) is 18.0 Å². The summed E-state index contributed by atoms with van der Waals surface area (Å²) in [6.45, 7) is -0.0306. The summed E-state index contributed by atoms with van der Waals surface area (Å²) in [4.78, 5) is 23.3. The van der Waals surface area contributed by atoms with Crippen LogP contribution in [0.15, 0.2) is 47.4 Å². The first-order valence-electron chi connectivity index (χ1n) is 7.06. The molecule has 0 aromatic heterocycles. The SMILES string of the molecule is COC(=O)c1ccc(COC(=O)c2ccc(Cl)c(S(C)(=O)=O)c2)cc1. The quantitative estimate of drug-likeness (QED) is 0.739. The molecule has 0 aliphatic rings. The Bertz CT molecular complexity index is 903. The van der Waals surface area contributed by atoms with Gasteiger partial charge in [0.15, 0.2) is 9.84 Å². The van der Waals surface area contributed by atoms with Gasteiger partial charge in [-0.15, -0.1) is 0 Å². The molecular formula is C17H15ClO6S. The Hall–Kier alpha value is -2.38. The molecule has 0 radical (unpaired) electrons. The largest absolute Gasteiger partial charge is 0.465 e. The Balaban J connectivity index is 2.09. The lowest BCUT2D eigenvalue weighted by Crippen LogP contribution is -2.08. The number of ether oxygens (including phenoxy) is 2. The molecule has 25 heavy (non-hydrogen) atoms. The molecule has 2 rings (SSSR count). The fraction of sp³-hybridized carbons (Fsp3) is 0.176. The molecule has 0 atom stereocenters. The smallest absolute Gasteiger partial charge is 0.338 e. The van der Waals surface area contributed by atoms with Crippen molar-refractivity contribution in [3.63, 3.8) is 0 Å². The van der Waals surface area contributed by atoms with Gasteiger partial charge in [-0.2, -0.15) is 0 Å². The van der Waals surface area contributed by atoms with Crippen molar-refractivity contribution >= 4 is 33.4 Å². The van der Waals surface area contributed by atoms with Crippen LogP contribution in [0.5, 0.6) is 0 Å². The van der Waals surface area contributed by atoms with Crippen LogP contribution in [0.4, 0.5) is 0 Å². The maximum absolute atomic E-state index is 12.1. The Morgan fingerprint density at radius 3 is 2.16 bits per heavy atom. The second kappa shape index (κ2) is 7.67. The number of carbonyl (C=O) groups is 2. The molecule has 0 saturated carbocycles. The minimum absolute atomic E-state index is 0.0306. The third kappa shape index (κ3) is 4.80. The summed E-state index contributed by atoms with van der Waals surface area (Å²) < 4.78 is 33.0. The molecule has 0 saturated heterocycles. The van der Waals surface area contributed by atoms with Gasteiger partial charge in [0.25, 0.3) is 0 Å². The maximum atomic E-state index is 12.1. The van der Waals surface area contributed by atoms with E-state index in [9.17, 15) is 18.0 Å². The number of hydrogen-bond acceptors (Lipinski definition) is 6. The highest BCUT2D eigenvalue weighted by molar-refractivity contribution is 7.90. The van der Waals surface area contributed by atoms with Crippen LogP contribution < -0.4 is 0 Å². The number of methoxy groups -OCH3 is 1. The van der Waals surface area contributed by atoms with Gasteiger partial charge in [0, 0.05) is 6.26 Å². The molecule has 8 heteroatoms. The van der Waals surface area contributed by atoms with Crippen LogP contribution in [0.1, 0.15) is 26.3 Å². The third-order valence-electron chi connectivity index (χ3n) is 3.31.